The van der Waals surface area contributed by atoms with Crippen LogP contribution in [0.3, 0.4) is 0 Å². The number of amides is 1. The first-order valence-corrected chi connectivity index (χ1v) is 9.39. The maximum atomic E-state index is 13.8. The molecule has 4 rings (SSSR count). The van der Waals surface area contributed by atoms with Crippen LogP contribution in [-0.4, -0.2) is 10.9 Å². The standard InChI is InChI=1S/C24H21FN2O2/c1-24(2,3)16-10-8-15(9-11-16)23-27-20-14-17(12-13-21(20)29-23)26-22(28)18-6-4-5-7-19(18)25/h4-14H,1-3H3,(H,26,28). The summed E-state index contributed by atoms with van der Waals surface area (Å²) < 4.78 is 19.7. The summed E-state index contributed by atoms with van der Waals surface area (Å²) in [4.78, 5) is 16.9. The molecule has 0 fully saturated rings. The highest BCUT2D eigenvalue weighted by Crippen LogP contribution is 2.29. The van der Waals surface area contributed by atoms with Crippen molar-refractivity contribution >= 4 is 22.7 Å². The minimum atomic E-state index is -0.562. The van der Waals surface area contributed by atoms with Gasteiger partial charge >= 0.3 is 0 Å². The summed E-state index contributed by atoms with van der Waals surface area (Å²) in [5.41, 5.74) is 3.93. The molecule has 29 heavy (non-hydrogen) atoms. The van der Waals surface area contributed by atoms with Gasteiger partial charge in [0.2, 0.25) is 5.89 Å². The normalized spacial score (nSPS) is 11.6. The summed E-state index contributed by atoms with van der Waals surface area (Å²) in [5.74, 6) is -0.560. The molecular formula is C24H21FN2O2. The van der Waals surface area contributed by atoms with Crippen LogP contribution in [0, 0.1) is 5.82 Å². The van der Waals surface area contributed by atoms with Gasteiger partial charge in [0.15, 0.2) is 5.58 Å². The van der Waals surface area contributed by atoms with Gasteiger partial charge in [0.1, 0.15) is 11.3 Å². The fraction of sp³-hybridized carbons (Fsp3) is 0.167. The third kappa shape index (κ3) is 3.90. The van der Waals surface area contributed by atoms with Crippen molar-refractivity contribution in [1.82, 2.24) is 4.98 Å². The number of hydrogen-bond donors (Lipinski definition) is 1. The topological polar surface area (TPSA) is 55.1 Å². The zero-order valence-corrected chi connectivity index (χ0v) is 16.5. The second-order valence-corrected chi connectivity index (χ2v) is 7.96. The van der Waals surface area contributed by atoms with Crippen LogP contribution >= 0.6 is 0 Å². The molecule has 1 aromatic heterocycles. The summed E-state index contributed by atoms with van der Waals surface area (Å²) in [5, 5.41) is 2.70. The molecule has 0 atom stereocenters. The van der Waals surface area contributed by atoms with Crippen LogP contribution < -0.4 is 5.32 Å². The third-order valence-electron chi connectivity index (χ3n) is 4.76. The Balaban J connectivity index is 1.59. The Morgan fingerprint density at radius 3 is 2.41 bits per heavy atom. The van der Waals surface area contributed by atoms with Crippen molar-refractivity contribution in [3.63, 3.8) is 0 Å². The largest absolute Gasteiger partial charge is 0.436 e. The number of fused-ring (bicyclic) bond motifs is 1. The molecular weight excluding hydrogens is 367 g/mol. The first kappa shape index (κ1) is 18.9. The van der Waals surface area contributed by atoms with Gasteiger partial charge in [-0.2, -0.15) is 0 Å². The zero-order chi connectivity index (χ0) is 20.6. The second-order valence-electron chi connectivity index (χ2n) is 7.96. The van der Waals surface area contributed by atoms with Crippen LogP contribution in [0.1, 0.15) is 36.7 Å². The smallest absolute Gasteiger partial charge is 0.258 e. The van der Waals surface area contributed by atoms with Crippen molar-refractivity contribution in [2.75, 3.05) is 5.32 Å². The number of rotatable bonds is 3. The highest BCUT2D eigenvalue weighted by atomic mass is 19.1. The summed E-state index contributed by atoms with van der Waals surface area (Å²) in [6.07, 6.45) is 0. The molecule has 1 heterocycles. The molecule has 1 N–H and O–H groups in total. The van der Waals surface area contributed by atoms with Gasteiger partial charge in [0.05, 0.1) is 5.56 Å². The van der Waals surface area contributed by atoms with Crippen molar-refractivity contribution < 1.29 is 13.6 Å². The van der Waals surface area contributed by atoms with Crippen LogP contribution in [0.4, 0.5) is 10.1 Å². The Morgan fingerprint density at radius 2 is 1.72 bits per heavy atom. The number of hydrogen-bond acceptors (Lipinski definition) is 3. The minimum absolute atomic E-state index is 0.00706. The first-order chi connectivity index (χ1) is 13.8. The van der Waals surface area contributed by atoms with E-state index in [2.05, 4.69) is 43.2 Å². The van der Waals surface area contributed by atoms with Crippen LogP contribution in [0.5, 0.6) is 0 Å². The molecule has 0 radical (unpaired) electrons. The van der Waals surface area contributed by atoms with Crippen molar-refractivity contribution in [1.29, 1.82) is 0 Å². The molecule has 5 heteroatoms. The maximum absolute atomic E-state index is 13.8. The van der Waals surface area contributed by atoms with Gasteiger partial charge in [0.25, 0.3) is 5.91 Å². The van der Waals surface area contributed by atoms with E-state index in [0.717, 1.165) is 5.56 Å². The average Bonchev–Trinajstić information content (AvgIpc) is 3.11. The van der Waals surface area contributed by atoms with E-state index < -0.39 is 11.7 Å². The van der Waals surface area contributed by atoms with Crippen molar-refractivity contribution in [3.05, 3.63) is 83.7 Å². The van der Waals surface area contributed by atoms with E-state index >= 15 is 0 Å². The zero-order valence-electron chi connectivity index (χ0n) is 16.5. The lowest BCUT2D eigenvalue weighted by Gasteiger charge is -2.18. The number of carbonyl (C=O) groups is 1. The Labute approximate surface area is 168 Å². The SMILES string of the molecule is CC(C)(C)c1ccc(-c2nc3cc(NC(=O)c4ccccc4F)ccc3o2)cc1. The quantitative estimate of drug-likeness (QED) is 0.456. The van der Waals surface area contributed by atoms with Crippen LogP contribution in [0.25, 0.3) is 22.6 Å². The predicted octanol–water partition coefficient (Wildman–Crippen LogP) is 6.18. The summed E-state index contributed by atoms with van der Waals surface area (Å²) in [6, 6.07) is 19.2. The number of nitrogens with zero attached hydrogens (tertiary/aromatic N) is 1. The molecule has 146 valence electrons. The summed E-state index contributed by atoms with van der Waals surface area (Å²) in [7, 11) is 0. The summed E-state index contributed by atoms with van der Waals surface area (Å²) in [6.45, 7) is 6.50. The Kier molecular flexibility index (Phi) is 4.66. The molecule has 3 aromatic carbocycles. The monoisotopic (exact) mass is 388 g/mol. The molecule has 0 bridgehead atoms. The van der Waals surface area contributed by atoms with E-state index in [1.807, 2.05) is 12.1 Å². The average molecular weight is 388 g/mol. The van der Waals surface area contributed by atoms with Crippen LogP contribution in [0.15, 0.2) is 71.1 Å². The van der Waals surface area contributed by atoms with Gasteiger partial charge in [-0.25, -0.2) is 9.37 Å². The minimum Gasteiger partial charge on any atom is -0.436 e. The van der Waals surface area contributed by atoms with E-state index in [1.54, 1.807) is 30.3 Å². The number of oxazole rings is 1. The Hall–Kier alpha value is -3.47. The van der Waals surface area contributed by atoms with E-state index in [9.17, 15) is 9.18 Å². The number of nitrogens with one attached hydrogen (secondary N) is 1. The Morgan fingerprint density at radius 1 is 1.00 bits per heavy atom. The lowest BCUT2D eigenvalue weighted by atomic mass is 9.87. The lowest BCUT2D eigenvalue weighted by molar-refractivity contribution is 0.102. The molecule has 4 nitrogen and oxygen atoms in total. The fourth-order valence-corrected chi connectivity index (χ4v) is 3.09. The van der Waals surface area contributed by atoms with Crippen molar-refractivity contribution in [2.45, 2.75) is 26.2 Å². The van der Waals surface area contributed by atoms with Crippen molar-refractivity contribution in [3.8, 4) is 11.5 Å². The van der Waals surface area contributed by atoms with Gasteiger partial charge < -0.3 is 9.73 Å². The van der Waals surface area contributed by atoms with Gasteiger partial charge in [-0.15, -0.1) is 0 Å². The molecule has 1 amide bonds. The molecule has 0 aliphatic rings. The van der Waals surface area contributed by atoms with Gasteiger partial charge in [-0.05, 0) is 53.4 Å². The van der Waals surface area contributed by atoms with Gasteiger partial charge in [0, 0.05) is 11.3 Å². The molecule has 4 aromatic rings. The molecule has 0 unspecified atom stereocenters. The number of benzene rings is 3. The summed E-state index contributed by atoms with van der Waals surface area (Å²) >= 11 is 0. The molecule has 0 aliphatic heterocycles. The fourth-order valence-electron chi connectivity index (χ4n) is 3.09. The number of carbonyl (C=O) groups excluding carboxylic acids is 1. The Bertz CT molecular complexity index is 1190. The predicted molar refractivity (Wildman–Crippen MR) is 112 cm³/mol. The first-order valence-electron chi connectivity index (χ1n) is 9.39. The number of aromatic nitrogens is 1. The van der Waals surface area contributed by atoms with Crippen LogP contribution in [0.2, 0.25) is 0 Å². The van der Waals surface area contributed by atoms with E-state index in [4.69, 9.17) is 4.42 Å². The molecule has 0 spiro atoms. The highest BCUT2D eigenvalue weighted by Gasteiger charge is 2.15. The molecule has 0 aliphatic carbocycles. The number of halogens is 1. The van der Waals surface area contributed by atoms with E-state index in [-0.39, 0.29) is 11.0 Å². The maximum Gasteiger partial charge on any atom is 0.258 e. The van der Waals surface area contributed by atoms with Gasteiger partial charge in [-0.3, -0.25) is 4.79 Å². The highest BCUT2D eigenvalue weighted by molar-refractivity contribution is 6.05. The third-order valence-corrected chi connectivity index (χ3v) is 4.76. The lowest BCUT2D eigenvalue weighted by Crippen LogP contribution is -2.13. The van der Waals surface area contributed by atoms with Gasteiger partial charge in [-0.1, -0.05) is 45.0 Å². The second kappa shape index (κ2) is 7.17. The van der Waals surface area contributed by atoms with Crippen LogP contribution in [-0.2, 0) is 5.41 Å². The number of anilines is 1. The molecule has 0 saturated carbocycles. The van der Waals surface area contributed by atoms with E-state index in [0.29, 0.717) is 22.7 Å². The van der Waals surface area contributed by atoms with E-state index in [1.165, 1.54) is 17.7 Å². The molecule has 0 saturated heterocycles. The van der Waals surface area contributed by atoms with Crippen molar-refractivity contribution in [2.24, 2.45) is 0 Å².